The number of aromatic nitrogens is 1. The third-order valence-electron chi connectivity index (χ3n) is 6.18. The third-order valence-corrected chi connectivity index (χ3v) is 6.42. The van der Waals surface area contributed by atoms with Gasteiger partial charge < -0.3 is 14.2 Å². The highest BCUT2D eigenvalue weighted by molar-refractivity contribution is 6.31. The maximum absolute atomic E-state index is 14.1. The second kappa shape index (κ2) is 8.81. The summed E-state index contributed by atoms with van der Waals surface area (Å²) in [5.74, 6) is 0. The molecule has 0 atom stereocenters. The van der Waals surface area contributed by atoms with Gasteiger partial charge in [-0.25, -0.2) is 0 Å². The van der Waals surface area contributed by atoms with Gasteiger partial charge in [0, 0.05) is 29.1 Å². The Morgan fingerprint density at radius 3 is 2.41 bits per heavy atom. The summed E-state index contributed by atoms with van der Waals surface area (Å²) in [5, 5.41) is 1.64. The maximum atomic E-state index is 14.1. The van der Waals surface area contributed by atoms with Crippen LogP contribution in [0.5, 0.6) is 0 Å². The first kappa shape index (κ1) is 20.8. The lowest BCUT2D eigenvalue weighted by atomic mass is 9.97. The Balaban J connectivity index is 1.84. The van der Waals surface area contributed by atoms with E-state index in [0.29, 0.717) is 37.9 Å². The van der Waals surface area contributed by atoms with Crippen molar-refractivity contribution in [3.8, 4) is 11.1 Å². The summed E-state index contributed by atoms with van der Waals surface area (Å²) >= 11 is 6.47. The van der Waals surface area contributed by atoms with E-state index in [4.69, 9.17) is 16.3 Å². The summed E-state index contributed by atoms with van der Waals surface area (Å²) in [6, 6.07) is 24.2. The van der Waals surface area contributed by atoms with Gasteiger partial charge in [-0.05, 0) is 41.8 Å². The number of pyridine rings is 1. The van der Waals surface area contributed by atoms with Gasteiger partial charge in [-0.3, -0.25) is 4.79 Å². The van der Waals surface area contributed by atoms with Crippen molar-refractivity contribution in [1.29, 1.82) is 0 Å². The van der Waals surface area contributed by atoms with Crippen LogP contribution in [0.1, 0.15) is 11.1 Å². The van der Waals surface area contributed by atoms with Gasteiger partial charge in [0.15, 0.2) is 0 Å². The topological polar surface area (TPSA) is 34.5 Å². The number of anilines is 1. The molecule has 1 aliphatic rings. The van der Waals surface area contributed by atoms with Crippen LogP contribution in [-0.2, 0) is 11.3 Å². The van der Waals surface area contributed by atoms with E-state index in [1.807, 2.05) is 53.1 Å². The second-order valence-electron chi connectivity index (χ2n) is 8.17. The van der Waals surface area contributed by atoms with E-state index in [-0.39, 0.29) is 5.56 Å². The van der Waals surface area contributed by atoms with E-state index >= 15 is 0 Å². The quantitative estimate of drug-likeness (QED) is 0.416. The molecule has 0 spiro atoms. The average Bonchev–Trinajstić information content (AvgIpc) is 2.83. The number of hydrogen-bond acceptors (Lipinski definition) is 3. The van der Waals surface area contributed by atoms with E-state index in [1.165, 1.54) is 5.56 Å². The van der Waals surface area contributed by atoms with Crippen LogP contribution in [0.2, 0.25) is 5.02 Å². The lowest BCUT2D eigenvalue weighted by Crippen LogP contribution is -2.41. The molecule has 1 aromatic heterocycles. The van der Waals surface area contributed by atoms with Crippen LogP contribution in [0, 0.1) is 6.92 Å². The molecule has 4 nitrogen and oxygen atoms in total. The van der Waals surface area contributed by atoms with Gasteiger partial charge in [-0.15, -0.1) is 0 Å². The SMILES string of the molecule is Cc1ccccc1Cn1c(=O)c(N2CCOCC2)c(-c2ccccc2)c2cc(Cl)ccc21. The smallest absolute Gasteiger partial charge is 0.275 e. The molecule has 1 fully saturated rings. The molecule has 4 aromatic rings. The number of hydrogen-bond donors (Lipinski definition) is 0. The third kappa shape index (κ3) is 3.81. The summed E-state index contributed by atoms with van der Waals surface area (Å²) in [6.07, 6.45) is 0. The zero-order valence-corrected chi connectivity index (χ0v) is 18.8. The van der Waals surface area contributed by atoms with E-state index in [1.54, 1.807) is 0 Å². The number of ether oxygens (including phenoxy) is 1. The van der Waals surface area contributed by atoms with Crippen LogP contribution in [0.4, 0.5) is 5.69 Å². The van der Waals surface area contributed by atoms with Gasteiger partial charge in [0.1, 0.15) is 5.69 Å². The van der Waals surface area contributed by atoms with Gasteiger partial charge in [-0.2, -0.15) is 0 Å². The fourth-order valence-electron chi connectivity index (χ4n) is 4.51. The number of nitrogens with zero attached hydrogens (tertiary/aromatic N) is 2. The molecular weight excluding hydrogens is 420 g/mol. The molecule has 0 aliphatic carbocycles. The molecule has 5 rings (SSSR count). The fraction of sp³-hybridized carbons (Fsp3) is 0.222. The molecule has 0 radical (unpaired) electrons. The number of fused-ring (bicyclic) bond motifs is 1. The highest BCUT2D eigenvalue weighted by atomic mass is 35.5. The van der Waals surface area contributed by atoms with Crippen molar-refractivity contribution in [3.63, 3.8) is 0 Å². The monoisotopic (exact) mass is 444 g/mol. The summed E-state index contributed by atoms with van der Waals surface area (Å²) < 4.78 is 7.48. The first-order valence-corrected chi connectivity index (χ1v) is 11.3. The molecule has 0 amide bonds. The Hall–Kier alpha value is -3.08. The summed E-state index contributed by atoms with van der Waals surface area (Å²) in [4.78, 5) is 16.3. The Kier molecular flexibility index (Phi) is 5.73. The first-order valence-electron chi connectivity index (χ1n) is 10.9. The predicted octanol–water partition coefficient (Wildman–Crippen LogP) is 5.52. The molecule has 0 saturated carbocycles. The minimum atomic E-state index is 0.0174. The standard InChI is InChI=1S/C27H25ClN2O2/c1-19-7-5-6-10-21(19)18-30-24-12-11-22(28)17-23(24)25(20-8-3-2-4-9-20)26(27(30)31)29-13-15-32-16-14-29/h2-12,17H,13-16,18H2,1H3. The normalized spacial score (nSPS) is 14.1. The van der Waals surface area contributed by atoms with Crippen molar-refractivity contribution in [3.05, 3.63) is 99.3 Å². The van der Waals surface area contributed by atoms with Crippen molar-refractivity contribution in [1.82, 2.24) is 4.57 Å². The largest absolute Gasteiger partial charge is 0.378 e. The molecule has 3 aromatic carbocycles. The van der Waals surface area contributed by atoms with Crippen molar-refractivity contribution in [2.45, 2.75) is 13.5 Å². The number of halogens is 1. The molecule has 0 N–H and O–H groups in total. The van der Waals surface area contributed by atoms with E-state index in [0.717, 1.165) is 33.3 Å². The highest BCUT2D eigenvalue weighted by Gasteiger charge is 2.24. The van der Waals surface area contributed by atoms with Crippen LogP contribution in [0.3, 0.4) is 0 Å². The first-order chi connectivity index (χ1) is 15.6. The van der Waals surface area contributed by atoms with Crippen LogP contribution in [-0.4, -0.2) is 30.9 Å². The van der Waals surface area contributed by atoms with Crippen molar-refractivity contribution >= 4 is 28.2 Å². The van der Waals surface area contributed by atoms with Crippen LogP contribution in [0.25, 0.3) is 22.0 Å². The number of aryl methyl sites for hydroxylation is 1. The molecule has 0 unspecified atom stereocenters. The Bertz CT molecular complexity index is 1330. The minimum Gasteiger partial charge on any atom is -0.378 e. The Labute approximate surface area is 192 Å². The van der Waals surface area contributed by atoms with Crippen LogP contribution >= 0.6 is 11.6 Å². The predicted molar refractivity (Wildman–Crippen MR) is 132 cm³/mol. The molecule has 2 heterocycles. The highest BCUT2D eigenvalue weighted by Crippen LogP contribution is 2.37. The van der Waals surface area contributed by atoms with Gasteiger partial charge in [0.25, 0.3) is 5.56 Å². The van der Waals surface area contributed by atoms with Crippen LogP contribution in [0.15, 0.2) is 77.6 Å². The fourth-order valence-corrected chi connectivity index (χ4v) is 4.68. The number of rotatable bonds is 4. The second-order valence-corrected chi connectivity index (χ2v) is 8.60. The van der Waals surface area contributed by atoms with E-state index in [9.17, 15) is 4.79 Å². The summed E-state index contributed by atoms with van der Waals surface area (Å²) in [5.41, 5.74) is 5.88. The Morgan fingerprint density at radius 1 is 0.938 bits per heavy atom. The van der Waals surface area contributed by atoms with Gasteiger partial charge in [0.05, 0.1) is 25.3 Å². The number of morpholine rings is 1. The van der Waals surface area contributed by atoms with Crippen LogP contribution < -0.4 is 10.5 Å². The number of benzene rings is 3. The zero-order valence-electron chi connectivity index (χ0n) is 18.1. The van der Waals surface area contributed by atoms with Gasteiger partial charge in [-0.1, -0.05) is 66.2 Å². The van der Waals surface area contributed by atoms with E-state index in [2.05, 4.69) is 36.1 Å². The average molecular weight is 445 g/mol. The van der Waals surface area contributed by atoms with Gasteiger partial charge >= 0.3 is 0 Å². The molecule has 162 valence electrons. The van der Waals surface area contributed by atoms with Crippen molar-refractivity contribution in [2.75, 3.05) is 31.2 Å². The molecular formula is C27H25ClN2O2. The minimum absolute atomic E-state index is 0.0174. The summed E-state index contributed by atoms with van der Waals surface area (Å²) in [6.45, 7) is 5.19. The zero-order chi connectivity index (χ0) is 22.1. The Morgan fingerprint density at radius 2 is 1.66 bits per heavy atom. The lowest BCUT2D eigenvalue weighted by Gasteiger charge is -2.31. The molecule has 1 aliphatic heterocycles. The molecule has 32 heavy (non-hydrogen) atoms. The molecule has 1 saturated heterocycles. The maximum Gasteiger partial charge on any atom is 0.275 e. The molecule has 0 bridgehead atoms. The van der Waals surface area contributed by atoms with Crippen molar-refractivity contribution < 1.29 is 4.74 Å². The molecule has 5 heteroatoms. The van der Waals surface area contributed by atoms with Crippen molar-refractivity contribution in [2.24, 2.45) is 0 Å². The summed E-state index contributed by atoms with van der Waals surface area (Å²) in [7, 11) is 0. The van der Waals surface area contributed by atoms with Gasteiger partial charge in [0.2, 0.25) is 0 Å². The van der Waals surface area contributed by atoms with E-state index < -0.39 is 0 Å². The lowest BCUT2D eigenvalue weighted by molar-refractivity contribution is 0.122.